The highest BCUT2D eigenvalue weighted by atomic mass is 16.5. The van der Waals surface area contributed by atoms with E-state index in [1.807, 2.05) is 24.3 Å². The molecule has 0 bridgehead atoms. The van der Waals surface area contributed by atoms with Gasteiger partial charge in [0, 0.05) is 16.5 Å². The lowest BCUT2D eigenvalue weighted by Gasteiger charge is -2.09. The lowest BCUT2D eigenvalue weighted by molar-refractivity contribution is 0.415. The average molecular weight is 470 g/mol. The maximum atomic E-state index is 5.35. The number of benzene rings is 5. The second-order valence-corrected chi connectivity index (χ2v) is 9.09. The highest BCUT2D eigenvalue weighted by Crippen LogP contribution is 2.37. The van der Waals surface area contributed by atoms with E-state index in [1.165, 1.54) is 49.6 Å². The van der Waals surface area contributed by atoms with Gasteiger partial charge in [-0.05, 0) is 89.8 Å². The summed E-state index contributed by atoms with van der Waals surface area (Å²) in [5.41, 5.74) is 9.50. The van der Waals surface area contributed by atoms with E-state index in [2.05, 4.69) is 96.4 Å². The van der Waals surface area contributed by atoms with E-state index in [9.17, 15) is 0 Å². The normalized spacial score (nSPS) is 11.2. The Kier molecular flexibility index (Phi) is 5.46. The lowest BCUT2D eigenvalue weighted by atomic mass is 10.00. The quantitative estimate of drug-likeness (QED) is 0.253. The van der Waals surface area contributed by atoms with Crippen molar-refractivity contribution < 1.29 is 9.47 Å². The molecule has 3 nitrogen and oxygen atoms in total. The van der Waals surface area contributed by atoms with Crippen LogP contribution in [0.5, 0.6) is 11.5 Å². The fourth-order valence-electron chi connectivity index (χ4n) is 4.92. The van der Waals surface area contributed by atoms with E-state index < -0.39 is 0 Å². The number of fused-ring (bicyclic) bond motifs is 3. The minimum Gasteiger partial charge on any atom is -0.497 e. The zero-order valence-electron chi connectivity index (χ0n) is 20.7. The van der Waals surface area contributed by atoms with E-state index in [1.54, 1.807) is 14.2 Å². The number of hydrogen-bond donors (Lipinski definition) is 0. The number of nitrogens with zero attached hydrogens (tertiary/aromatic N) is 1. The first-order valence-electron chi connectivity index (χ1n) is 12.1. The number of hydrogen-bond acceptors (Lipinski definition) is 2. The largest absolute Gasteiger partial charge is 0.497 e. The summed E-state index contributed by atoms with van der Waals surface area (Å²) in [7, 11) is 3.39. The fraction of sp³-hybridized carbons (Fsp3) is 0.0909. The Morgan fingerprint density at radius 3 is 1.31 bits per heavy atom. The first-order valence-corrected chi connectivity index (χ1v) is 12.1. The van der Waals surface area contributed by atoms with Gasteiger partial charge in [-0.25, -0.2) is 0 Å². The Hall–Kier alpha value is -4.50. The van der Waals surface area contributed by atoms with Crippen molar-refractivity contribution in [2.75, 3.05) is 14.2 Å². The standard InChI is InChI=1S/C33H27NO2/c1-22-4-12-27(13-5-22)34-32-18-10-25(23-6-14-28(35-2)15-7-23)20-30(32)31-21-26(11-19-33(31)34)24-8-16-29(36-3)17-9-24/h4-21H,1-3H3. The monoisotopic (exact) mass is 469 g/mol. The highest BCUT2D eigenvalue weighted by molar-refractivity contribution is 6.11. The smallest absolute Gasteiger partial charge is 0.118 e. The number of aryl methyl sites for hydroxylation is 1. The van der Waals surface area contributed by atoms with Crippen molar-refractivity contribution in [1.29, 1.82) is 0 Å². The van der Waals surface area contributed by atoms with Gasteiger partial charge in [0.15, 0.2) is 0 Å². The van der Waals surface area contributed by atoms with Crippen molar-refractivity contribution in [3.63, 3.8) is 0 Å². The summed E-state index contributed by atoms with van der Waals surface area (Å²) in [6.07, 6.45) is 0. The molecule has 0 radical (unpaired) electrons. The Balaban J connectivity index is 1.58. The molecule has 6 aromatic rings. The summed E-state index contributed by atoms with van der Waals surface area (Å²) < 4.78 is 13.1. The van der Waals surface area contributed by atoms with Crippen LogP contribution >= 0.6 is 0 Å². The molecule has 0 aliphatic heterocycles. The van der Waals surface area contributed by atoms with Crippen molar-refractivity contribution in [3.05, 3.63) is 115 Å². The third kappa shape index (κ3) is 3.79. The molecule has 0 saturated carbocycles. The van der Waals surface area contributed by atoms with Gasteiger partial charge in [0.1, 0.15) is 11.5 Å². The van der Waals surface area contributed by atoms with Crippen LogP contribution < -0.4 is 9.47 Å². The molecule has 0 amide bonds. The first kappa shape index (κ1) is 22.0. The van der Waals surface area contributed by atoms with Gasteiger partial charge in [-0.1, -0.05) is 54.1 Å². The minimum absolute atomic E-state index is 0.861. The molecular weight excluding hydrogens is 442 g/mol. The van der Waals surface area contributed by atoms with Crippen LogP contribution in [0, 0.1) is 6.92 Å². The van der Waals surface area contributed by atoms with Crippen LogP contribution in [0.2, 0.25) is 0 Å². The fourth-order valence-corrected chi connectivity index (χ4v) is 4.92. The van der Waals surface area contributed by atoms with E-state index in [0.717, 1.165) is 17.2 Å². The molecule has 3 heteroatoms. The predicted molar refractivity (Wildman–Crippen MR) is 149 cm³/mol. The minimum atomic E-state index is 0.861. The molecule has 0 aliphatic carbocycles. The number of ether oxygens (including phenoxy) is 2. The van der Waals surface area contributed by atoms with Crippen LogP contribution in [0.15, 0.2) is 109 Å². The maximum Gasteiger partial charge on any atom is 0.118 e. The summed E-state index contributed by atoms with van der Waals surface area (Å²) in [5, 5.41) is 2.46. The van der Waals surface area contributed by atoms with Gasteiger partial charge in [-0.2, -0.15) is 0 Å². The Bertz CT molecular complexity index is 1570. The van der Waals surface area contributed by atoms with Gasteiger partial charge in [-0.3, -0.25) is 0 Å². The van der Waals surface area contributed by atoms with Gasteiger partial charge in [0.05, 0.1) is 25.3 Å². The highest BCUT2D eigenvalue weighted by Gasteiger charge is 2.15. The molecule has 36 heavy (non-hydrogen) atoms. The Morgan fingerprint density at radius 2 is 0.889 bits per heavy atom. The topological polar surface area (TPSA) is 23.4 Å². The van der Waals surface area contributed by atoms with Crippen molar-refractivity contribution in [1.82, 2.24) is 4.57 Å². The van der Waals surface area contributed by atoms with Crippen LogP contribution in [-0.2, 0) is 0 Å². The third-order valence-corrected chi connectivity index (χ3v) is 6.90. The van der Waals surface area contributed by atoms with Crippen molar-refractivity contribution in [3.8, 4) is 39.4 Å². The van der Waals surface area contributed by atoms with Gasteiger partial charge >= 0.3 is 0 Å². The van der Waals surface area contributed by atoms with Crippen LogP contribution in [0.25, 0.3) is 49.7 Å². The zero-order valence-corrected chi connectivity index (χ0v) is 20.7. The number of rotatable bonds is 5. The molecule has 0 unspecified atom stereocenters. The van der Waals surface area contributed by atoms with Gasteiger partial charge in [0.25, 0.3) is 0 Å². The van der Waals surface area contributed by atoms with E-state index in [0.29, 0.717) is 0 Å². The molecule has 0 aliphatic rings. The van der Waals surface area contributed by atoms with Crippen molar-refractivity contribution in [2.45, 2.75) is 6.92 Å². The Labute approximate surface area is 211 Å². The molecule has 176 valence electrons. The van der Waals surface area contributed by atoms with Crippen LogP contribution in [0.1, 0.15) is 5.56 Å². The molecule has 0 saturated heterocycles. The van der Waals surface area contributed by atoms with Crippen LogP contribution in [-0.4, -0.2) is 18.8 Å². The third-order valence-electron chi connectivity index (χ3n) is 6.90. The number of methoxy groups -OCH3 is 2. The molecular formula is C33H27NO2. The van der Waals surface area contributed by atoms with Gasteiger partial charge in [-0.15, -0.1) is 0 Å². The summed E-state index contributed by atoms with van der Waals surface area (Å²) in [5.74, 6) is 1.72. The van der Waals surface area contributed by atoms with Gasteiger partial charge < -0.3 is 14.0 Å². The maximum absolute atomic E-state index is 5.35. The summed E-state index contributed by atoms with van der Waals surface area (Å²) >= 11 is 0. The second kappa shape index (κ2) is 8.94. The van der Waals surface area contributed by atoms with Crippen molar-refractivity contribution in [2.24, 2.45) is 0 Å². The molecule has 1 aromatic heterocycles. The first-order chi connectivity index (χ1) is 17.6. The van der Waals surface area contributed by atoms with E-state index >= 15 is 0 Å². The molecule has 6 rings (SSSR count). The molecule has 0 spiro atoms. The number of aromatic nitrogens is 1. The molecule has 5 aromatic carbocycles. The zero-order chi connectivity index (χ0) is 24.6. The summed E-state index contributed by atoms with van der Waals surface area (Å²) in [6, 6.07) is 38.7. The van der Waals surface area contributed by atoms with Crippen LogP contribution in [0.4, 0.5) is 0 Å². The second-order valence-electron chi connectivity index (χ2n) is 9.09. The molecule has 1 heterocycles. The average Bonchev–Trinajstić information content (AvgIpc) is 3.26. The van der Waals surface area contributed by atoms with E-state index in [4.69, 9.17) is 9.47 Å². The van der Waals surface area contributed by atoms with Gasteiger partial charge in [0.2, 0.25) is 0 Å². The van der Waals surface area contributed by atoms with Crippen LogP contribution in [0.3, 0.4) is 0 Å². The molecule has 0 fully saturated rings. The summed E-state index contributed by atoms with van der Waals surface area (Å²) in [6.45, 7) is 2.12. The predicted octanol–water partition coefficient (Wildman–Crippen LogP) is 8.44. The molecule has 0 atom stereocenters. The lowest BCUT2D eigenvalue weighted by Crippen LogP contribution is -1.93. The SMILES string of the molecule is COc1ccc(-c2ccc3c(c2)c2cc(-c4ccc(OC)cc4)ccc2n3-c2ccc(C)cc2)cc1. The van der Waals surface area contributed by atoms with E-state index in [-0.39, 0.29) is 0 Å². The summed E-state index contributed by atoms with van der Waals surface area (Å²) in [4.78, 5) is 0. The Morgan fingerprint density at radius 1 is 0.472 bits per heavy atom. The molecule has 0 N–H and O–H groups in total. The van der Waals surface area contributed by atoms with Crippen molar-refractivity contribution >= 4 is 21.8 Å².